The predicted molar refractivity (Wildman–Crippen MR) is 67.4 cm³/mol. The van der Waals surface area contributed by atoms with Gasteiger partial charge in [0.2, 0.25) is 0 Å². The summed E-state index contributed by atoms with van der Waals surface area (Å²) < 4.78 is 5.12. The molecule has 0 heterocycles. The molecule has 0 amide bonds. The number of methoxy groups -OCH3 is 1. The summed E-state index contributed by atoms with van der Waals surface area (Å²) in [5.41, 5.74) is 1.43. The summed E-state index contributed by atoms with van der Waals surface area (Å²) >= 11 is 5.97. The van der Waals surface area contributed by atoms with Crippen LogP contribution in [-0.4, -0.2) is 18.2 Å². The first-order valence-corrected chi connectivity index (χ1v) is 5.74. The Labute approximate surface area is 106 Å². The number of aliphatic carboxylic acids is 1. The zero-order chi connectivity index (χ0) is 13.1. The van der Waals surface area contributed by atoms with E-state index in [-0.39, 0.29) is 6.42 Å². The van der Waals surface area contributed by atoms with E-state index in [1.54, 1.807) is 13.2 Å². The summed E-state index contributed by atoms with van der Waals surface area (Å²) in [4.78, 5) is 10.9. The van der Waals surface area contributed by atoms with E-state index in [9.17, 15) is 4.79 Å². The normalized spacial score (nSPS) is 11.5. The van der Waals surface area contributed by atoms with E-state index in [0.717, 1.165) is 11.1 Å². The van der Waals surface area contributed by atoms with Crippen LogP contribution in [0.4, 0.5) is 0 Å². The van der Waals surface area contributed by atoms with Gasteiger partial charge in [-0.2, -0.15) is 0 Å². The van der Waals surface area contributed by atoms with Crippen LogP contribution < -0.4 is 0 Å². The number of benzene rings is 1. The predicted octanol–water partition coefficient (Wildman–Crippen LogP) is 3.24. The minimum atomic E-state index is -0.821. The molecule has 0 aromatic heterocycles. The summed E-state index contributed by atoms with van der Waals surface area (Å²) in [7, 11) is 1.61. The van der Waals surface area contributed by atoms with Crippen molar-refractivity contribution in [2.75, 3.05) is 7.11 Å². The van der Waals surface area contributed by atoms with Crippen LogP contribution in [0, 0.1) is 0 Å². The maximum absolute atomic E-state index is 10.9. The average Bonchev–Trinajstić information content (AvgIpc) is 2.19. The summed E-state index contributed by atoms with van der Waals surface area (Å²) in [6.07, 6.45) is 0.0596. The molecule has 0 aliphatic carbocycles. The van der Waals surface area contributed by atoms with Crippen molar-refractivity contribution >= 4 is 17.6 Å². The molecule has 0 aliphatic rings. The fourth-order valence-corrected chi connectivity index (χ4v) is 2.11. The molecule has 0 unspecified atom stereocenters. The molecule has 0 atom stereocenters. The molecule has 1 aromatic rings. The number of halogens is 1. The number of rotatable bonds is 5. The first-order chi connectivity index (χ1) is 7.86. The van der Waals surface area contributed by atoms with Gasteiger partial charge in [0.05, 0.1) is 13.0 Å². The molecule has 0 spiro atoms. The van der Waals surface area contributed by atoms with Crippen molar-refractivity contribution in [2.45, 2.75) is 32.3 Å². The standard InChI is InChI=1S/C13H17ClO3/c1-13(2,7-12(15)16)11-6-10(14)5-4-9(11)8-17-3/h4-6H,7-8H2,1-3H3,(H,15,16). The Morgan fingerprint density at radius 2 is 2.12 bits per heavy atom. The lowest BCUT2D eigenvalue weighted by Gasteiger charge is -2.26. The smallest absolute Gasteiger partial charge is 0.304 e. The Morgan fingerprint density at radius 3 is 2.65 bits per heavy atom. The topological polar surface area (TPSA) is 46.5 Å². The lowest BCUT2D eigenvalue weighted by atomic mass is 9.79. The third-order valence-corrected chi connectivity index (χ3v) is 2.93. The van der Waals surface area contributed by atoms with E-state index >= 15 is 0 Å². The first kappa shape index (κ1) is 14.0. The van der Waals surface area contributed by atoms with Gasteiger partial charge in [0.1, 0.15) is 0 Å². The molecule has 0 saturated heterocycles. The Kier molecular flexibility index (Phi) is 4.54. The highest BCUT2D eigenvalue weighted by atomic mass is 35.5. The van der Waals surface area contributed by atoms with Crippen LogP contribution in [0.3, 0.4) is 0 Å². The highest BCUT2D eigenvalue weighted by Crippen LogP contribution is 2.32. The molecule has 94 valence electrons. The minimum Gasteiger partial charge on any atom is -0.481 e. The molecule has 0 saturated carbocycles. The Hall–Kier alpha value is -1.06. The van der Waals surface area contributed by atoms with E-state index in [0.29, 0.717) is 11.6 Å². The summed E-state index contributed by atoms with van der Waals surface area (Å²) in [6, 6.07) is 5.49. The number of ether oxygens (including phenoxy) is 1. The van der Waals surface area contributed by atoms with Crippen molar-refractivity contribution in [3.8, 4) is 0 Å². The fraction of sp³-hybridized carbons (Fsp3) is 0.462. The molecule has 1 rings (SSSR count). The van der Waals surface area contributed by atoms with Gasteiger partial charge >= 0.3 is 5.97 Å². The largest absolute Gasteiger partial charge is 0.481 e. The molecule has 0 radical (unpaired) electrons. The van der Waals surface area contributed by atoms with Gasteiger partial charge in [0.25, 0.3) is 0 Å². The molecule has 0 aliphatic heterocycles. The van der Waals surface area contributed by atoms with Gasteiger partial charge in [-0.3, -0.25) is 4.79 Å². The molecule has 0 fully saturated rings. The van der Waals surface area contributed by atoms with Crippen LogP contribution in [0.5, 0.6) is 0 Å². The van der Waals surface area contributed by atoms with Gasteiger partial charge in [0.15, 0.2) is 0 Å². The molecule has 0 bridgehead atoms. The fourth-order valence-electron chi connectivity index (χ4n) is 1.93. The van der Waals surface area contributed by atoms with E-state index in [2.05, 4.69) is 0 Å². The van der Waals surface area contributed by atoms with Gasteiger partial charge in [-0.15, -0.1) is 0 Å². The second-order valence-corrected chi connectivity index (χ2v) is 5.13. The van der Waals surface area contributed by atoms with E-state index < -0.39 is 11.4 Å². The van der Waals surface area contributed by atoms with Gasteiger partial charge in [-0.05, 0) is 23.3 Å². The van der Waals surface area contributed by atoms with Crippen LogP contribution in [0.1, 0.15) is 31.4 Å². The Balaban J connectivity index is 3.17. The van der Waals surface area contributed by atoms with Crippen LogP contribution in [-0.2, 0) is 21.6 Å². The third-order valence-electron chi connectivity index (χ3n) is 2.69. The van der Waals surface area contributed by atoms with Crippen LogP contribution in [0.15, 0.2) is 18.2 Å². The monoisotopic (exact) mass is 256 g/mol. The number of hydrogen-bond donors (Lipinski definition) is 1. The van der Waals surface area contributed by atoms with E-state index in [4.69, 9.17) is 21.4 Å². The van der Waals surface area contributed by atoms with Gasteiger partial charge in [0, 0.05) is 17.5 Å². The van der Waals surface area contributed by atoms with Gasteiger partial charge < -0.3 is 9.84 Å². The zero-order valence-corrected chi connectivity index (χ0v) is 11.0. The molecular weight excluding hydrogens is 240 g/mol. The quantitative estimate of drug-likeness (QED) is 0.880. The van der Waals surface area contributed by atoms with Crippen molar-refractivity contribution in [2.24, 2.45) is 0 Å². The molecule has 17 heavy (non-hydrogen) atoms. The minimum absolute atomic E-state index is 0.0596. The second-order valence-electron chi connectivity index (χ2n) is 4.69. The average molecular weight is 257 g/mol. The maximum atomic E-state index is 10.9. The molecule has 1 aromatic carbocycles. The lowest BCUT2D eigenvalue weighted by Crippen LogP contribution is -2.23. The maximum Gasteiger partial charge on any atom is 0.304 e. The van der Waals surface area contributed by atoms with Gasteiger partial charge in [-0.25, -0.2) is 0 Å². The van der Waals surface area contributed by atoms with Crippen LogP contribution >= 0.6 is 11.6 Å². The Morgan fingerprint density at radius 1 is 1.47 bits per heavy atom. The summed E-state index contributed by atoms with van der Waals surface area (Å²) in [6.45, 7) is 4.24. The third kappa shape index (κ3) is 3.72. The van der Waals surface area contributed by atoms with Gasteiger partial charge in [-0.1, -0.05) is 31.5 Å². The number of carboxylic acids is 1. The van der Waals surface area contributed by atoms with Crippen molar-refractivity contribution in [1.29, 1.82) is 0 Å². The first-order valence-electron chi connectivity index (χ1n) is 5.36. The molecule has 1 N–H and O–H groups in total. The van der Waals surface area contributed by atoms with E-state index in [1.807, 2.05) is 26.0 Å². The summed E-state index contributed by atoms with van der Waals surface area (Å²) in [5, 5.41) is 9.55. The number of carbonyl (C=O) groups is 1. The molecule has 3 nitrogen and oxygen atoms in total. The second kappa shape index (κ2) is 5.52. The highest BCUT2D eigenvalue weighted by Gasteiger charge is 2.26. The number of carboxylic acid groups (broad SMARTS) is 1. The molecular formula is C13H17ClO3. The van der Waals surface area contributed by atoms with Crippen LogP contribution in [0.2, 0.25) is 5.02 Å². The van der Waals surface area contributed by atoms with Crippen molar-refractivity contribution in [3.05, 3.63) is 34.3 Å². The van der Waals surface area contributed by atoms with Crippen molar-refractivity contribution in [1.82, 2.24) is 0 Å². The van der Waals surface area contributed by atoms with Crippen LogP contribution in [0.25, 0.3) is 0 Å². The molecule has 4 heteroatoms. The SMILES string of the molecule is COCc1ccc(Cl)cc1C(C)(C)CC(=O)O. The summed E-state index contributed by atoms with van der Waals surface area (Å²) in [5.74, 6) is -0.821. The zero-order valence-electron chi connectivity index (χ0n) is 10.3. The highest BCUT2D eigenvalue weighted by molar-refractivity contribution is 6.30. The van der Waals surface area contributed by atoms with Crippen molar-refractivity contribution < 1.29 is 14.6 Å². The number of hydrogen-bond acceptors (Lipinski definition) is 2. The lowest BCUT2D eigenvalue weighted by molar-refractivity contribution is -0.138. The van der Waals surface area contributed by atoms with E-state index in [1.165, 1.54) is 0 Å². The van der Waals surface area contributed by atoms with Crippen molar-refractivity contribution in [3.63, 3.8) is 0 Å². The Bertz CT molecular complexity index is 413.